The van der Waals surface area contributed by atoms with Gasteiger partial charge >= 0.3 is 0 Å². The predicted octanol–water partition coefficient (Wildman–Crippen LogP) is 2.36. The van der Waals surface area contributed by atoms with E-state index >= 15 is 0 Å². The molecule has 0 aliphatic carbocycles. The third-order valence-corrected chi connectivity index (χ3v) is 2.90. The van der Waals surface area contributed by atoms with Crippen LogP contribution in [0.25, 0.3) is 10.2 Å². The molecule has 0 unspecified atom stereocenters. The van der Waals surface area contributed by atoms with Gasteiger partial charge in [-0.2, -0.15) is 0 Å². The summed E-state index contributed by atoms with van der Waals surface area (Å²) < 4.78 is 5.24. The molecule has 70 valence electrons. The minimum atomic E-state index is 0.179. The van der Waals surface area contributed by atoms with Gasteiger partial charge in [-0.3, -0.25) is 0 Å². The quantitative estimate of drug-likeness (QED) is 0.735. The second kappa shape index (κ2) is 3.82. The number of halogens is 1. The maximum atomic E-state index is 5.96. The number of terminal acetylenes is 1. The first-order valence-corrected chi connectivity index (χ1v) is 5.02. The summed E-state index contributed by atoms with van der Waals surface area (Å²) in [6, 6.07) is 0. The summed E-state index contributed by atoms with van der Waals surface area (Å²) in [5, 5.41) is 3.12. The zero-order valence-electron chi connectivity index (χ0n) is 7.03. The third kappa shape index (κ3) is 1.52. The van der Waals surface area contributed by atoms with Crippen LogP contribution in [0.1, 0.15) is 0 Å². The first kappa shape index (κ1) is 9.25. The number of hydrogen-bond acceptors (Lipinski definition) is 4. The summed E-state index contributed by atoms with van der Waals surface area (Å²) in [6.45, 7) is 0.179. The van der Waals surface area contributed by atoms with E-state index in [1.54, 1.807) is 5.38 Å². The van der Waals surface area contributed by atoms with Crippen molar-refractivity contribution in [1.29, 1.82) is 0 Å². The summed E-state index contributed by atoms with van der Waals surface area (Å²) in [6.07, 6.45) is 6.52. The van der Waals surface area contributed by atoms with Crippen molar-refractivity contribution in [3.8, 4) is 18.2 Å². The van der Waals surface area contributed by atoms with Crippen LogP contribution in [0.15, 0.2) is 11.7 Å². The molecule has 2 heterocycles. The molecule has 2 rings (SSSR count). The van der Waals surface area contributed by atoms with Gasteiger partial charge in [-0.05, 0) is 0 Å². The summed E-state index contributed by atoms with van der Waals surface area (Å²) in [5.74, 6) is 2.81. The Morgan fingerprint density at radius 3 is 3.21 bits per heavy atom. The third-order valence-electron chi connectivity index (χ3n) is 1.58. The molecule has 14 heavy (non-hydrogen) atoms. The molecule has 0 bridgehead atoms. The molecule has 0 saturated heterocycles. The van der Waals surface area contributed by atoms with Crippen molar-refractivity contribution < 1.29 is 4.74 Å². The van der Waals surface area contributed by atoms with Crippen molar-refractivity contribution in [3.05, 3.63) is 16.7 Å². The molecular weight excluding hydrogens is 220 g/mol. The molecule has 0 atom stereocenters. The zero-order valence-corrected chi connectivity index (χ0v) is 8.60. The van der Waals surface area contributed by atoms with Crippen LogP contribution in [-0.2, 0) is 0 Å². The van der Waals surface area contributed by atoms with Crippen LogP contribution in [0.5, 0.6) is 5.88 Å². The largest absolute Gasteiger partial charge is 0.464 e. The van der Waals surface area contributed by atoms with Crippen LogP contribution in [0.2, 0.25) is 5.02 Å². The van der Waals surface area contributed by atoms with Crippen LogP contribution in [0.4, 0.5) is 0 Å². The molecule has 0 saturated carbocycles. The Kier molecular flexibility index (Phi) is 2.53. The van der Waals surface area contributed by atoms with Crippen molar-refractivity contribution >= 4 is 33.2 Å². The fourth-order valence-electron chi connectivity index (χ4n) is 1.03. The van der Waals surface area contributed by atoms with E-state index in [9.17, 15) is 0 Å². The standard InChI is InChI=1S/C9H5ClN2OS/c1-2-3-13-8-7-6(10)4-14-9(7)12-5-11-8/h1,4-5H,3H2. The van der Waals surface area contributed by atoms with E-state index in [1.165, 1.54) is 17.7 Å². The zero-order chi connectivity index (χ0) is 9.97. The number of ether oxygens (including phenoxy) is 1. The van der Waals surface area contributed by atoms with Crippen LogP contribution in [0.3, 0.4) is 0 Å². The van der Waals surface area contributed by atoms with E-state index in [4.69, 9.17) is 22.8 Å². The van der Waals surface area contributed by atoms with Crippen molar-refractivity contribution in [3.63, 3.8) is 0 Å². The second-order valence-corrected chi connectivity index (χ2v) is 3.70. The molecule has 0 N–H and O–H groups in total. The van der Waals surface area contributed by atoms with Crippen LogP contribution in [0, 0.1) is 12.3 Å². The summed E-state index contributed by atoms with van der Waals surface area (Å²) in [5.41, 5.74) is 0. The average molecular weight is 225 g/mol. The van der Waals surface area contributed by atoms with Crippen molar-refractivity contribution in [1.82, 2.24) is 9.97 Å². The number of nitrogens with zero attached hydrogens (tertiary/aromatic N) is 2. The van der Waals surface area contributed by atoms with E-state index in [1.807, 2.05) is 0 Å². The highest BCUT2D eigenvalue weighted by molar-refractivity contribution is 7.17. The predicted molar refractivity (Wildman–Crippen MR) is 56.8 cm³/mol. The Labute approximate surface area is 89.7 Å². The van der Waals surface area contributed by atoms with Gasteiger partial charge in [0.05, 0.1) is 10.4 Å². The molecule has 0 fully saturated rings. The summed E-state index contributed by atoms with van der Waals surface area (Å²) in [4.78, 5) is 8.84. The molecular formula is C9H5ClN2OS. The van der Waals surface area contributed by atoms with Gasteiger partial charge in [0.2, 0.25) is 5.88 Å². The summed E-state index contributed by atoms with van der Waals surface area (Å²) >= 11 is 7.40. The van der Waals surface area contributed by atoms with Crippen LogP contribution < -0.4 is 4.74 Å². The van der Waals surface area contributed by atoms with Gasteiger partial charge in [-0.25, -0.2) is 9.97 Å². The van der Waals surface area contributed by atoms with Crippen LogP contribution in [-0.4, -0.2) is 16.6 Å². The number of rotatable bonds is 2. The Bertz CT molecular complexity index is 503. The molecule has 0 radical (unpaired) electrons. The molecule has 5 heteroatoms. The topological polar surface area (TPSA) is 35.0 Å². The Balaban J connectivity index is 2.53. The van der Waals surface area contributed by atoms with Gasteiger partial charge in [0.15, 0.2) is 6.61 Å². The minimum Gasteiger partial charge on any atom is -0.464 e. The molecule has 0 aliphatic rings. The van der Waals surface area contributed by atoms with E-state index < -0.39 is 0 Å². The van der Waals surface area contributed by atoms with Crippen LogP contribution >= 0.6 is 22.9 Å². The lowest BCUT2D eigenvalue weighted by Gasteiger charge is -2.01. The number of thiophene rings is 1. The lowest BCUT2D eigenvalue weighted by Crippen LogP contribution is -1.96. The highest BCUT2D eigenvalue weighted by Crippen LogP contribution is 2.33. The molecule has 3 nitrogen and oxygen atoms in total. The number of fused-ring (bicyclic) bond motifs is 1. The highest BCUT2D eigenvalue weighted by atomic mass is 35.5. The van der Waals surface area contributed by atoms with Crippen molar-refractivity contribution in [2.45, 2.75) is 0 Å². The number of aromatic nitrogens is 2. The van der Waals surface area contributed by atoms with Gasteiger partial charge in [-0.15, -0.1) is 17.8 Å². The van der Waals surface area contributed by atoms with E-state index in [0.29, 0.717) is 10.9 Å². The lowest BCUT2D eigenvalue weighted by atomic mass is 10.4. The van der Waals surface area contributed by atoms with E-state index in [2.05, 4.69) is 15.9 Å². The van der Waals surface area contributed by atoms with Gasteiger partial charge in [0.25, 0.3) is 0 Å². The molecule has 0 spiro atoms. The Hall–Kier alpha value is -1.31. The Morgan fingerprint density at radius 2 is 2.43 bits per heavy atom. The smallest absolute Gasteiger partial charge is 0.227 e. The van der Waals surface area contributed by atoms with Gasteiger partial charge in [0.1, 0.15) is 11.2 Å². The lowest BCUT2D eigenvalue weighted by molar-refractivity contribution is 0.360. The second-order valence-electron chi connectivity index (χ2n) is 2.44. The van der Waals surface area contributed by atoms with Gasteiger partial charge < -0.3 is 4.74 Å². The fraction of sp³-hybridized carbons (Fsp3) is 0.111. The first-order chi connectivity index (χ1) is 6.83. The minimum absolute atomic E-state index is 0.179. The Morgan fingerprint density at radius 1 is 1.57 bits per heavy atom. The normalized spacial score (nSPS) is 10.0. The molecule has 2 aromatic rings. The van der Waals surface area contributed by atoms with Crippen molar-refractivity contribution in [2.24, 2.45) is 0 Å². The molecule has 2 aromatic heterocycles. The van der Waals surface area contributed by atoms with E-state index in [-0.39, 0.29) is 6.61 Å². The van der Waals surface area contributed by atoms with Gasteiger partial charge in [0, 0.05) is 5.38 Å². The van der Waals surface area contributed by atoms with Crippen molar-refractivity contribution in [2.75, 3.05) is 6.61 Å². The SMILES string of the molecule is C#CCOc1ncnc2scc(Cl)c12. The van der Waals surface area contributed by atoms with E-state index in [0.717, 1.165) is 10.2 Å². The first-order valence-electron chi connectivity index (χ1n) is 3.77. The summed E-state index contributed by atoms with van der Waals surface area (Å²) in [7, 11) is 0. The molecule has 0 aliphatic heterocycles. The maximum absolute atomic E-state index is 5.96. The molecule has 0 amide bonds. The highest BCUT2D eigenvalue weighted by Gasteiger charge is 2.10. The average Bonchev–Trinajstić information content (AvgIpc) is 2.58. The molecule has 0 aromatic carbocycles. The maximum Gasteiger partial charge on any atom is 0.227 e. The van der Waals surface area contributed by atoms with Gasteiger partial charge in [-0.1, -0.05) is 17.5 Å². The fourth-order valence-corrected chi connectivity index (χ4v) is 2.15. The number of hydrogen-bond donors (Lipinski definition) is 0. The monoisotopic (exact) mass is 224 g/mol.